The molecule has 3 aromatic rings. The zero-order valence-electron chi connectivity index (χ0n) is 17.8. The summed E-state index contributed by atoms with van der Waals surface area (Å²) >= 11 is 2.22. The Hall–Kier alpha value is -2.72. The van der Waals surface area contributed by atoms with Gasteiger partial charge in [0.2, 0.25) is 0 Å². The highest BCUT2D eigenvalue weighted by Gasteiger charge is 2.28. The van der Waals surface area contributed by atoms with Crippen molar-refractivity contribution < 1.29 is 13.2 Å². The largest absolute Gasteiger partial charge is 0.271 e. The molecule has 0 aliphatic rings. The summed E-state index contributed by atoms with van der Waals surface area (Å²) in [6, 6.07) is 23.0. The average molecular weight is 561 g/mol. The molecule has 0 bridgehead atoms. The quantitative estimate of drug-likeness (QED) is 0.248. The second-order valence-electron chi connectivity index (χ2n) is 7.05. The summed E-state index contributed by atoms with van der Waals surface area (Å²) in [6.45, 7) is 3.34. The molecule has 0 saturated heterocycles. The van der Waals surface area contributed by atoms with Gasteiger partial charge in [0.05, 0.1) is 16.3 Å². The molecule has 1 amide bonds. The van der Waals surface area contributed by atoms with Crippen LogP contribution in [0.5, 0.6) is 0 Å². The molecule has 166 valence electrons. The minimum atomic E-state index is -3.95. The molecular weight excluding hydrogens is 537 g/mol. The fraction of sp³-hybridized carbons (Fsp3) is 0.167. The number of hydrogen-bond donors (Lipinski definition) is 1. The molecule has 0 atom stereocenters. The number of benzene rings is 3. The molecule has 3 rings (SSSR count). The zero-order chi connectivity index (χ0) is 23.1. The Bertz CT molecular complexity index is 1210. The molecule has 6 nitrogen and oxygen atoms in total. The van der Waals surface area contributed by atoms with Crippen LogP contribution in [0, 0.1) is 3.57 Å². The third-order valence-electron chi connectivity index (χ3n) is 4.87. The van der Waals surface area contributed by atoms with E-state index >= 15 is 0 Å². The number of aryl methyl sites for hydroxylation is 1. The van der Waals surface area contributed by atoms with E-state index in [2.05, 4.69) is 33.1 Å². The SMILES string of the molecule is CCc1ccccc1N(CC(=O)N/N=C(/C)c1ccc(I)cc1)S(=O)(=O)c1ccccc1. The molecule has 8 heteroatoms. The van der Waals surface area contributed by atoms with Crippen LogP contribution in [-0.2, 0) is 21.2 Å². The summed E-state index contributed by atoms with van der Waals surface area (Å²) in [6.07, 6.45) is 0.628. The number of para-hydroxylation sites is 1. The van der Waals surface area contributed by atoms with E-state index < -0.39 is 22.5 Å². The molecule has 0 spiro atoms. The summed E-state index contributed by atoms with van der Waals surface area (Å²) in [5, 5.41) is 4.16. The lowest BCUT2D eigenvalue weighted by molar-refractivity contribution is -0.119. The van der Waals surface area contributed by atoms with Crippen molar-refractivity contribution in [1.82, 2.24) is 5.43 Å². The fourth-order valence-electron chi connectivity index (χ4n) is 3.14. The number of hydrogen-bond acceptors (Lipinski definition) is 4. The predicted octanol–water partition coefficient (Wildman–Crippen LogP) is 4.59. The van der Waals surface area contributed by atoms with Gasteiger partial charge in [-0.1, -0.05) is 55.5 Å². The van der Waals surface area contributed by atoms with Gasteiger partial charge in [0.1, 0.15) is 6.54 Å². The molecule has 0 heterocycles. The first-order valence-corrected chi connectivity index (χ1v) is 12.6. The number of halogens is 1. The van der Waals surface area contributed by atoms with Crippen molar-refractivity contribution in [3.05, 3.63) is 93.6 Å². The molecule has 0 aliphatic heterocycles. The molecule has 0 saturated carbocycles. The van der Waals surface area contributed by atoms with E-state index in [1.54, 1.807) is 37.3 Å². The van der Waals surface area contributed by atoms with Gasteiger partial charge in [0, 0.05) is 3.57 Å². The highest BCUT2D eigenvalue weighted by Crippen LogP contribution is 2.27. The smallest absolute Gasteiger partial charge is 0.264 e. The summed E-state index contributed by atoms with van der Waals surface area (Å²) in [4.78, 5) is 12.9. The van der Waals surface area contributed by atoms with E-state index in [0.717, 1.165) is 19.0 Å². The number of rotatable bonds is 8. The highest BCUT2D eigenvalue weighted by molar-refractivity contribution is 14.1. The summed E-state index contributed by atoms with van der Waals surface area (Å²) in [5.41, 5.74) is 5.31. The maximum absolute atomic E-state index is 13.4. The van der Waals surface area contributed by atoms with Crippen LogP contribution in [0.3, 0.4) is 0 Å². The van der Waals surface area contributed by atoms with Crippen molar-refractivity contribution in [3.63, 3.8) is 0 Å². The lowest BCUT2D eigenvalue weighted by Crippen LogP contribution is -2.40. The number of carbonyl (C=O) groups excluding carboxylic acids is 1. The molecule has 0 unspecified atom stereocenters. The normalized spacial score (nSPS) is 11.8. The summed E-state index contributed by atoms with van der Waals surface area (Å²) in [7, 11) is -3.95. The fourth-order valence-corrected chi connectivity index (χ4v) is 4.98. The average Bonchev–Trinajstić information content (AvgIpc) is 2.82. The van der Waals surface area contributed by atoms with E-state index in [-0.39, 0.29) is 4.90 Å². The Kier molecular flexibility index (Phi) is 8.03. The number of amides is 1. The molecule has 0 fully saturated rings. The molecule has 32 heavy (non-hydrogen) atoms. The van der Waals surface area contributed by atoms with Crippen molar-refractivity contribution in [3.8, 4) is 0 Å². The van der Waals surface area contributed by atoms with E-state index in [4.69, 9.17) is 0 Å². The molecule has 0 aliphatic carbocycles. The Morgan fingerprint density at radius 1 is 0.969 bits per heavy atom. The van der Waals surface area contributed by atoms with E-state index in [1.165, 1.54) is 12.1 Å². The van der Waals surface area contributed by atoms with Crippen molar-refractivity contribution >= 4 is 49.9 Å². The predicted molar refractivity (Wildman–Crippen MR) is 136 cm³/mol. The van der Waals surface area contributed by atoms with Crippen LogP contribution in [-0.4, -0.2) is 26.6 Å². The number of carbonyl (C=O) groups is 1. The number of nitrogens with one attached hydrogen (secondary N) is 1. The van der Waals surface area contributed by atoms with E-state index in [1.807, 2.05) is 43.3 Å². The number of anilines is 1. The third-order valence-corrected chi connectivity index (χ3v) is 7.36. The highest BCUT2D eigenvalue weighted by atomic mass is 127. The minimum absolute atomic E-state index is 0.122. The third kappa shape index (κ3) is 5.74. The van der Waals surface area contributed by atoms with Crippen LogP contribution in [0.2, 0.25) is 0 Å². The van der Waals surface area contributed by atoms with Gasteiger partial charge in [-0.15, -0.1) is 0 Å². The molecule has 3 aromatic carbocycles. The molecule has 1 N–H and O–H groups in total. The lowest BCUT2D eigenvalue weighted by atomic mass is 10.1. The van der Waals surface area contributed by atoms with Crippen LogP contribution in [0.25, 0.3) is 0 Å². The van der Waals surface area contributed by atoms with Crippen molar-refractivity contribution in [1.29, 1.82) is 0 Å². The Morgan fingerprint density at radius 2 is 1.59 bits per heavy atom. The number of sulfonamides is 1. The first-order chi connectivity index (χ1) is 15.3. The van der Waals surface area contributed by atoms with E-state index in [0.29, 0.717) is 17.8 Å². The van der Waals surface area contributed by atoms with Gasteiger partial charge in [-0.2, -0.15) is 5.10 Å². The number of nitrogens with zero attached hydrogens (tertiary/aromatic N) is 2. The maximum Gasteiger partial charge on any atom is 0.264 e. The summed E-state index contributed by atoms with van der Waals surface area (Å²) in [5.74, 6) is -0.528. The second-order valence-corrected chi connectivity index (χ2v) is 10.2. The van der Waals surface area contributed by atoms with Gasteiger partial charge in [0.25, 0.3) is 15.9 Å². The van der Waals surface area contributed by atoms with Gasteiger partial charge in [0.15, 0.2) is 0 Å². The van der Waals surface area contributed by atoms with Crippen LogP contribution in [0.1, 0.15) is 25.0 Å². The van der Waals surface area contributed by atoms with Gasteiger partial charge < -0.3 is 0 Å². The Balaban J connectivity index is 1.90. The lowest BCUT2D eigenvalue weighted by Gasteiger charge is -2.25. The van der Waals surface area contributed by atoms with Crippen LogP contribution >= 0.6 is 22.6 Å². The second kappa shape index (κ2) is 10.7. The van der Waals surface area contributed by atoms with Crippen LogP contribution < -0.4 is 9.73 Å². The molecule has 0 radical (unpaired) electrons. The topological polar surface area (TPSA) is 78.8 Å². The Labute approximate surface area is 202 Å². The maximum atomic E-state index is 13.4. The standard InChI is InChI=1S/C24H24IN3O3S/c1-3-19-9-7-8-12-23(19)28(32(30,31)22-10-5-4-6-11-22)17-24(29)27-26-18(2)20-13-15-21(25)16-14-20/h4-16H,3,17H2,1-2H3,(H,27,29)/b26-18-. The first-order valence-electron chi connectivity index (χ1n) is 10.1. The van der Waals surface area contributed by atoms with Gasteiger partial charge >= 0.3 is 0 Å². The molecule has 0 aromatic heterocycles. The van der Waals surface area contributed by atoms with Crippen molar-refractivity contribution in [2.75, 3.05) is 10.8 Å². The Morgan fingerprint density at radius 3 is 2.25 bits per heavy atom. The van der Waals surface area contributed by atoms with Gasteiger partial charge in [-0.25, -0.2) is 13.8 Å². The first kappa shape index (κ1) is 23.9. The van der Waals surface area contributed by atoms with Crippen molar-refractivity contribution in [2.24, 2.45) is 5.10 Å². The monoisotopic (exact) mass is 561 g/mol. The van der Waals surface area contributed by atoms with Gasteiger partial charge in [-0.05, 0) is 77.4 Å². The summed E-state index contributed by atoms with van der Waals surface area (Å²) < 4.78 is 29.1. The van der Waals surface area contributed by atoms with E-state index in [9.17, 15) is 13.2 Å². The van der Waals surface area contributed by atoms with Crippen LogP contribution in [0.4, 0.5) is 5.69 Å². The molecular formula is C24H24IN3O3S. The number of hydrazone groups is 1. The zero-order valence-corrected chi connectivity index (χ0v) is 20.8. The van der Waals surface area contributed by atoms with Crippen LogP contribution in [0.15, 0.2) is 88.9 Å². The minimum Gasteiger partial charge on any atom is -0.271 e. The van der Waals surface area contributed by atoms with Crippen molar-refractivity contribution in [2.45, 2.75) is 25.2 Å². The van der Waals surface area contributed by atoms with Gasteiger partial charge in [-0.3, -0.25) is 9.10 Å².